The van der Waals surface area contributed by atoms with E-state index in [4.69, 9.17) is 25.8 Å². The van der Waals surface area contributed by atoms with E-state index in [9.17, 15) is 34.8 Å². The number of carbonyl (C=O) groups is 2. The molecule has 0 fully saturated rings. The number of nitrogens with two attached hydrogens (primary N) is 1. The first-order valence-corrected chi connectivity index (χ1v) is 19.1. The molecule has 5 N–H and O–H groups in total. The van der Waals surface area contributed by atoms with Crippen molar-refractivity contribution in [3.63, 3.8) is 0 Å². The Kier molecular flexibility index (Phi) is 13.9. The van der Waals surface area contributed by atoms with E-state index in [1.807, 2.05) is 6.92 Å². The van der Waals surface area contributed by atoms with Crippen molar-refractivity contribution in [3.8, 4) is 16.9 Å². The molecule has 18 heteroatoms. The highest BCUT2D eigenvalue weighted by Crippen LogP contribution is 2.40. The van der Waals surface area contributed by atoms with Gasteiger partial charge in [0.1, 0.15) is 21.4 Å². The molecule has 47 heavy (non-hydrogen) atoms. The summed E-state index contributed by atoms with van der Waals surface area (Å²) < 4.78 is 87.7. The molecule has 0 aliphatic carbocycles. The zero-order valence-corrected chi connectivity index (χ0v) is 29.0. The van der Waals surface area contributed by atoms with Crippen molar-refractivity contribution in [1.29, 1.82) is 5.41 Å². The van der Waals surface area contributed by atoms with Gasteiger partial charge in [0, 0.05) is 30.1 Å². The molecule has 0 aliphatic rings. The fraction of sp³-hybridized carbons (Fsp3) is 0.345. The van der Waals surface area contributed by atoms with Crippen molar-refractivity contribution in [2.75, 3.05) is 30.7 Å². The van der Waals surface area contributed by atoms with Crippen molar-refractivity contribution in [2.24, 2.45) is 5.73 Å². The average molecular weight is 738 g/mol. The van der Waals surface area contributed by atoms with E-state index in [0.717, 1.165) is 16.9 Å². The fourth-order valence-electron chi connectivity index (χ4n) is 4.16. The van der Waals surface area contributed by atoms with Crippen LogP contribution in [0.5, 0.6) is 5.75 Å². The van der Waals surface area contributed by atoms with Crippen LogP contribution in [-0.2, 0) is 29.3 Å². The third-order valence-corrected chi connectivity index (χ3v) is 11.7. The number of rotatable bonds is 13. The minimum Gasteiger partial charge on any atom is -0.497 e. The number of carbonyl (C=O) groups excluding carboxylic acids is 1. The normalized spacial score (nSPS) is 11.7. The molecule has 0 saturated heterocycles. The number of methoxy groups -OCH3 is 1. The van der Waals surface area contributed by atoms with Gasteiger partial charge in [-0.05, 0) is 61.4 Å². The molecule has 0 radical (unpaired) electrons. The Morgan fingerprint density at radius 2 is 1.72 bits per heavy atom. The van der Waals surface area contributed by atoms with Gasteiger partial charge in [0.15, 0.2) is 0 Å². The number of benzene rings is 2. The number of ether oxygens (including phenoxy) is 1. The van der Waals surface area contributed by atoms with Gasteiger partial charge in [-0.25, -0.2) is 21.6 Å². The quantitative estimate of drug-likeness (QED) is 0.0727. The van der Waals surface area contributed by atoms with Gasteiger partial charge in [-0.1, -0.05) is 18.6 Å². The van der Waals surface area contributed by atoms with E-state index < -0.39 is 31.8 Å². The first-order chi connectivity index (χ1) is 21.7. The lowest BCUT2D eigenvalue weighted by Gasteiger charge is -2.17. The maximum absolute atomic E-state index is 13.7. The molecule has 0 spiro atoms. The molecular weight excluding hydrogens is 704 g/mol. The van der Waals surface area contributed by atoms with E-state index in [1.165, 1.54) is 37.3 Å². The van der Waals surface area contributed by atoms with Crippen LogP contribution in [0, 0.1) is 12.3 Å². The number of sulfone groups is 2. The van der Waals surface area contributed by atoms with E-state index in [0.29, 0.717) is 50.9 Å². The van der Waals surface area contributed by atoms with Gasteiger partial charge in [0.2, 0.25) is 15.7 Å². The van der Waals surface area contributed by atoms with Crippen LogP contribution in [0.3, 0.4) is 0 Å². The van der Waals surface area contributed by atoms with Crippen molar-refractivity contribution < 1.29 is 49.4 Å². The first-order valence-electron chi connectivity index (χ1n) is 13.5. The molecule has 258 valence electrons. The van der Waals surface area contributed by atoms with Crippen LogP contribution >= 0.6 is 23.1 Å². The summed E-state index contributed by atoms with van der Waals surface area (Å²) in [5.74, 6) is -2.56. The van der Waals surface area contributed by atoms with Gasteiger partial charge in [0.25, 0.3) is 0 Å². The first kappa shape index (κ1) is 39.6. The molecule has 0 unspecified atom stereocenters. The van der Waals surface area contributed by atoms with Crippen LogP contribution in [0.1, 0.15) is 36.1 Å². The van der Waals surface area contributed by atoms with Crippen molar-refractivity contribution in [3.05, 3.63) is 52.9 Å². The minimum absolute atomic E-state index is 0.0755. The number of amides is 1. The highest BCUT2D eigenvalue weighted by Gasteiger charge is 2.38. The monoisotopic (exact) mass is 737 g/mol. The number of carboxylic acid groups (broad SMARTS) is 1. The van der Waals surface area contributed by atoms with E-state index in [2.05, 4.69) is 5.32 Å². The molecule has 0 bridgehead atoms. The second kappa shape index (κ2) is 16.5. The molecular formula is C29H34F3N3O8S4. The molecule has 1 amide bonds. The summed E-state index contributed by atoms with van der Waals surface area (Å²) in [6.45, 7) is 1.85. The number of alkyl halides is 3. The molecule has 1 aromatic heterocycles. The van der Waals surface area contributed by atoms with Crippen LogP contribution in [0.15, 0.2) is 56.5 Å². The highest BCUT2D eigenvalue weighted by molar-refractivity contribution is 8.01. The van der Waals surface area contributed by atoms with Crippen LogP contribution in [0.25, 0.3) is 11.1 Å². The number of anilines is 1. The Labute approximate surface area is 279 Å². The number of nitrogen functional groups attached to an aromatic ring is 1. The number of nitrogens with one attached hydrogen (secondary N) is 2. The summed E-state index contributed by atoms with van der Waals surface area (Å²) in [4.78, 5) is 22.3. The molecule has 3 aromatic rings. The molecule has 2 aromatic carbocycles. The Bertz CT molecular complexity index is 1840. The van der Waals surface area contributed by atoms with Gasteiger partial charge in [-0.3, -0.25) is 10.2 Å². The predicted molar refractivity (Wildman–Crippen MR) is 176 cm³/mol. The van der Waals surface area contributed by atoms with Gasteiger partial charge >= 0.3 is 12.1 Å². The van der Waals surface area contributed by atoms with Gasteiger partial charge < -0.3 is 20.9 Å². The number of amidine groups is 1. The number of halogens is 3. The van der Waals surface area contributed by atoms with E-state index in [1.54, 1.807) is 36.6 Å². The zero-order valence-electron chi connectivity index (χ0n) is 25.7. The SMILES string of the molecule is COc1cc(C)c(-c2cccc(S(=O)(=O)c3cc(C(=N)N)sc3SC)c2)c(NC(=O)CCCCCS(C)(=O)=O)c1.O=C(O)C(F)(F)F. The minimum atomic E-state index is -5.08. The maximum Gasteiger partial charge on any atom is 0.490 e. The Hall–Kier alpha value is -3.61. The van der Waals surface area contributed by atoms with Crippen LogP contribution in [0.4, 0.5) is 18.9 Å². The summed E-state index contributed by atoms with van der Waals surface area (Å²) in [5.41, 5.74) is 8.12. The number of unbranched alkanes of at least 4 members (excludes halogenated alkanes) is 2. The highest BCUT2D eigenvalue weighted by atomic mass is 32.2. The lowest BCUT2D eigenvalue weighted by atomic mass is 9.97. The zero-order chi connectivity index (χ0) is 35.7. The Balaban J connectivity index is 0.000000984. The molecule has 0 aliphatic heterocycles. The van der Waals surface area contributed by atoms with E-state index >= 15 is 0 Å². The number of thiophene rings is 1. The van der Waals surface area contributed by atoms with Crippen LogP contribution in [0.2, 0.25) is 0 Å². The average Bonchev–Trinajstić information content (AvgIpc) is 3.42. The molecule has 0 saturated carbocycles. The number of aryl methyl sites for hydroxylation is 1. The second-order valence-electron chi connectivity index (χ2n) is 10.1. The Morgan fingerprint density at radius 1 is 1.09 bits per heavy atom. The van der Waals surface area contributed by atoms with Crippen molar-refractivity contribution in [1.82, 2.24) is 0 Å². The molecule has 3 rings (SSSR count). The number of hydrogen-bond acceptors (Lipinski definition) is 10. The number of hydrogen-bond donors (Lipinski definition) is 4. The molecule has 1 heterocycles. The third-order valence-electron chi connectivity index (χ3n) is 6.32. The third kappa shape index (κ3) is 11.5. The summed E-state index contributed by atoms with van der Waals surface area (Å²) in [6, 6.07) is 11.4. The predicted octanol–water partition coefficient (Wildman–Crippen LogP) is 5.75. The smallest absolute Gasteiger partial charge is 0.490 e. The number of aliphatic carboxylic acids is 1. The van der Waals surface area contributed by atoms with Crippen LogP contribution in [-0.4, -0.2) is 71.2 Å². The summed E-state index contributed by atoms with van der Waals surface area (Å²) in [5, 5.41) is 17.8. The molecule has 11 nitrogen and oxygen atoms in total. The second-order valence-corrected chi connectivity index (χ2v) is 16.4. The summed E-state index contributed by atoms with van der Waals surface area (Å²) >= 11 is 2.44. The number of thioether (sulfide) groups is 1. The maximum atomic E-state index is 13.7. The van der Waals surface area contributed by atoms with Gasteiger partial charge in [0.05, 0.1) is 31.7 Å². The lowest BCUT2D eigenvalue weighted by Crippen LogP contribution is -2.21. The largest absolute Gasteiger partial charge is 0.497 e. The Morgan fingerprint density at radius 3 is 2.26 bits per heavy atom. The van der Waals surface area contributed by atoms with Crippen molar-refractivity contribution >= 4 is 66.2 Å². The topological polar surface area (TPSA) is 194 Å². The van der Waals surface area contributed by atoms with Gasteiger partial charge in [-0.15, -0.1) is 23.1 Å². The summed E-state index contributed by atoms with van der Waals surface area (Å²) in [6.07, 6.45) is -0.274. The lowest BCUT2D eigenvalue weighted by molar-refractivity contribution is -0.192. The standard InChI is InChI=1S/C27H33N3O6S4.C2HF3O2/c1-17-13-19(36-2)15-21(30-24(31)11-6-5-7-12-39(4,32)33)25(17)18-9-8-10-20(14-18)40(34,35)23-16-22(26(28)29)38-27(23)37-3;3-2(4,5)1(6)7/h8-10,13-16H,5-7,11-12H2,1-4H3,(H3,28,29)(H,30,31);(H,6,7). The molecule has 0 atom stereocenters. The summed E-state index contributed by atoms with van der Waals surface area (Å²) in [7, 11) is -5.44. The number of carboxylic acids is 1. The van der Waals surface area contributed by atoms with Gasteiger partial charge in [-0.2, -0.15) is 13.2 Å². The van der Waals surface area contributed by atoms with Crippen LogP contribution < -0.4 is 15.8 Å². The van der Waals surface area contributed by atoms with Crippen molar-refractivity contribution in [2.45, 2.75) is 52.8 Å². The van der Waals surface area contributed by atoms with E-state index in [-0.39, 0.29) is 33.7 Å². The fourth-order valence-corrected chi connectivity index (χ4v) is 8.79.